The van der Waals surface area contributed by atoms with Crippen molar-refractivity contribution in [2.24, 2.45) is 0 Å². The summed E-state index contributed by atoms with van der Waals surface area (Å²) in [5.41, 5.74) is 2.20. The van der Waals surface area contributed by atoms with Gasteiger partial charge in [0.2, 0.25) is 0 Å². The van der Waals surface area contributed by atoms with Gasteiger partial charge in [0.25, 0.3) is 0 Å². The fourth-order valence-electron chi connectivity index (χ4n) is 2.25. The number of para-hydroxylation sites is 2. The van der Waals surface area contributed by atoms with Crippen LogP contribution in [0.3, 0.4) is 0 Å². The molecule has 0 spiro atoms. The Morgan fingerprint density at radius 3 is 3.00 bits per heavy atom. The summed E-state index contributed by atoms with van der Waals surface area (Å²) in [7, 11) is 0. The third-order valence-corrected chi connectivity index (χ3v) is 3.14. The highest BCUT2D eigenvalue weighted by Crippen LogP contribution is 2.17. The molecule has 20 heavy (non-hydrogen) atoms. The normalized spacial score (nSPS) is 10.7. The second-order valence-electron chi connectivity index (χ2n) is 4.64. The maximum Gasteiger partial charge on any atom is 0.330 e. The van der Waals surface area contributed by atoms with E-state index in [9.17, 15) is 4.79 Å². The molecule has 1 heterocycles. The molecule has 106 valence electrons. The number of carbonyl (C=O) groups is 1. The Morgan fingerprint density at radius 1 is 1.45 bits per heavy atom. The number of aryl methyl sites for hydroxylation is 2. The zero-order valence-electron chi connectivity index (χ0n) is 11.8. The second kappa shape index (κ2) is 6.89. The predicted octanol–water partition coefficient (Wildman–Crippen LogP) is 3.11. The van der Waals surface area contributed by atoms with Crippen molar-refractivity contribution in [3.8, 4) is 0 Å². The minimum Gasteiger partial charge on any atom is -0.463 e. The molecule has 0 fully saturated rings. The fraction of sp³-hybridized carbons (Fsp3) is 0.375. The summed E-state index contributed by atoms with van der Waals surface area (Å²) >= 11 is 0. The van der Waals surface area contributed by atoms with Crippen LogP contribution in [0.15, 0.2) is 36.9 Å². The molecule has 0 aliphatic rings. The van der Waals surface area contributed by atoms with Crippen LogP contribution in [0.5, 0.6) is 0 Å². The molecule has 0 radical (unpaired) electrons. The highest BCUT2D eigenvalue weighted by atomic mass is 16.5. The Bertz CT molecular complexity index is 602. The zero-order valence-corrected chi connectivity index (χ0v) is 11.8. The molecular weight excluding hydrogens is 252 g/mol. The molecule has 0 saturated carbocycles. The fourth-order valence-corrected chi connectivity index (χ4v) is 2.25. The van der Waals surface area contributed by atoms with Gasteiger partial charge in [-0.2, -0.15) is 0 Å². The summed E-state index contributed by atoms with van der Waals surface area (Å²) in [5.74, 6) is 0.690. The molecule has 0 aliphatic carbocycles. The van der Waals surface area contributed by atoms with Gasteiger partial charge in [-0.3, -0.25) is 0 Å². The third kappa shape index (κ3) is 3.26. The van der Waals surface area contributed by atoms with E-state index in [0.29, 0.717) is 6.61 Å². The smallest absolute Gasteiger partial charge is 0.330 e. The van der Waals surface area contributed by atoms with Gasteiger partial charge in [0, 0.05) is 19.0 Å². The van der Waals surface area contributed by atoms with Gasteiger partial charge >= 0.3 is 5.97 Å². The third-order valence-electron chi connectivity index (χ3n) is 3.14. The Kier molecular flexibility index (Phi) is 4.93. The van der Waals surface area contributed by atoms with Crippen LogP contribution in [0.25, 0.3) is 11.0 Å². The molecule has 2 rings (SSSR count). The topological polar surface area (TPSA) is 44.1 Å². The highest BCUT2D eigenvalue weighted by Gasteiger charge is 2.09. The quantitative estimate of drug-likeness (QED) is 0.442. The number of rotatable bonds is 7. The minimum absolute atomic E-state index is 0.368. The molecule has 0 unspecified atom stereocenters. The van der Waals surface area contributed by atoms with E-state index in [0.717, 1.165) is 37.1 Å². The molecule has 1 aromatic carbocycles. The Morgan fingerprint density at radius 2 is 2.25 bits per heavy atom. The maximum atomic E-state index is 11.0. The summed E-state index contributed by atoms with van der Waals surface area (Å²) in [6, 6.07) is 8.16. The monoisotopic (exact) mass is 272 g/mol. The average Bonchev–Trinajstić information content (AvgIpc) is 2.82. The van der Waals surface area contributed by atoms with Crippen molar-refractivity contribution >= 4 is 17.0 Å². The number of carbonyl (C=O) groups excluding carboxylic acids is 1. The number of imidazole rings is 1. The molecule has 4 heteroatoms. The Hall–Kier alpha value is -2.10. The lowest BCUT2D eigenvalue weighted by molar-refractivity contribution is -0.137. The molecular formula is C16H20N2O2. The lowest BCUT2D eigenvalue weighted by Crippen LogP contribution is -2.07. The van der Waals surface area contributed by atoms with Crippen molar-refractivity contribution in [3.63, 3.8) is 0 Å². The van der Waals surface area contributed by atoms with E-state index in [4.69, 9.17) is 4.74 Å². The average molecular weight is 272 g/mol. The first kappa shape index (κ1) is 14.3. The van der Waals surface area contributed by atoms with E-state index in [-0.39, 0.29) is 5.97 Å². The molecule has 0 atom stereocenters. The maximum absolute atomic E-state index is 11.0. The van der Waals surface area contributed by atoms with Crippen LogP contribution in [0.2, 0.25) is 0 Å². The zero-order chi connectivity index (χ0) is 14.4. The molecule has 4 nitrogen and oxygen atoms in total. The van der Waals surface area contributed by atoms with Gasteiger partial charge in [-0.1, -0.05) is 25.6 Å². The molecule has 0 aliphatic heterocycles. The van der Waals surface area contributed by atoms with E-state index in [1.807, 2.05) is 18.2 Å². The molecule has 0 saturated heterocycles. The van der Waals surface area contributed by atoms with E-state index in [1.165, 1.54) is 11.6 Å². The Balaban J connectivity index is 2.06. The van der Waals surface area contributed by atoms with Gasteiger partial charge in [-0.05, 0) is 25.0 Å². The van der Waals surface area contributed by atoms with E-state index in [2.05, 4.69) is 29.1 Å². The van der Waals surface area contributed by atoms with Gasteiger partial charge in [0.1, 0.15) is 5.82 Å². The number of aromatic nitrogens is 2. The number of nitrogens with zero attached hydrogens (tertiary/aromatic N) is 2. The van der Waals surface area contributed by atoms with Crippen LogP contribution >= 0.6 is 0 Å². The summed E-state index contributed by atoms with van der Waals surface area (Å²) < 4.78 is 7.25. The standard InChI is InChI=1S/C16H20N2O2/c1-3-11-18-14-9-6-5-8-13(14)17-15(18)10-7-12-20-16(19)4-2/h4-6,8-9H,2-3,7,10-12H2,1H3. The van der Waals surface area contributed by atoms with Crippen LogP contribution in [0.1, 0.15) is 25.6 Å². The van der Waals surface area contributed by atoms with E-state index >= 15 is 0 Å². The first-order valence-electron chi connectivity index (χ1n) is 6.99. The van der Waals surface area contributed by atoms with E-state index in [1.54, 1.807) is 0 Å². The van der Waals surface area contributed by atoms with Crippen molar-refractivity contribution in [3.05, 3.63) is 42.7 Å². The Labute approximate surface area is 119 Å². The minimum atomic E-state index is -0.368. The first-order valence-corrected chi connectivity index (χ1v) is 6.99. The summed E-state index contributed by atoms with van der Waals surface area (Å²) in [6.07, 6.45) is 3.83. The number of esters is 1. The molecule has 0 bridgehead atoms. The van der Waals surface area contributed by atoms with Crippen molar-refractivity contribution < 1.29 is 9.53 Å². The molecule has 0 amide bonds. The van der Waals surface area contributed by atoms with Crippen LogP contribution < -0.4 is 0 Å². The molecule has 0 N–H and O–H groups in total. The lowest BCUT2D eigenvalue weighted by atomic mass is 10.3. The molecule has 2 aromatic rings. The lowest BCUT2D eigenvalue weighted by Gasteiger charge is -2.07. The number of hydrogen-bond acceptors (Lipinski definition) is 3. The van der Waals surface area contributed by atoms with E-state index < -0.39 is 0 Å². The van der Waals surface area contributed by atoms with Crippen LogP contribution in [0.4, 0.5) is 0 Å². The van der Waals surface area contributed by atoms with Crippen molar-refractivity contribution in [2.45, 2.75) is 32.7 Å². The summed E-state index contributed by atoms with van der Waals surface area (Å²) in [5, 5.41) is 0. The number of hydrogen-bond donors (Lipinski definition) is 0. The van der Waals surface area contributed by atoms with Gasteiger partial charge < -0.3 is 9.30 Å². The van der Waals surface area contributed by atoms with Crippen molar-refractivity contribution in [1.82, 2.24) is 9.55 Å². The number of fused-ring (bicyclic) bond motifs is 1. The predicted molar refractivity (Wildman–Crippen MR) is 79.5 cm³/mol. The van der Waals surface area contributed by atoms with Gasteiger partial charge in [0.05, 0.1) is 17.6 Å². The van der Waals surface area contributed by atoms with Crippen molar-refractivity contribution in [1.29, 1.82) is 0 Å². The van der Waals surface area contributed by atoms with Crippen LogP contribution in [-0.4, -0.2) is 22.1 Å². The molecule has 1 aromatic heterocycles. The number of benzene rings is 1. The summed E-state index contributed by atoms with van der Waals surface area (Å²) in [6.45, 7) is 6.89. The second-order valence-corrected chi connectivity index (χ2v) is 4.64. The van der Waals surface area contributed by atoms with Gasteiger partial charge in [-0.15, -0.1) is 0 Å². The first-order chi connectivity index (χ1) is 9.76. The number of ether oxygens (including phenoxy) is 1. The van der Waals surface area contributed by atoms with Gasteiger partial charge in [-0.25, -0.2) is 9.78 Å². The van der Waals surface area contributed by atoms with Crippen LogP contribution in [0, 0.1) is 0 Å². The van der Waals surface area contributed by atoms with Crippen LogP contribution in [-0.2, 0) is 22.5 Å². The van der Waals surface area contributed by atoms with Gasteiger partial charge in [0.15, 0.2) is 0 Å². The highest BCUT2D eigenvalue weighted by molar-refractivity contribution is 5.81. The largest absolute Gasteiger partial charge is 0.463 e. The SMILES string of the molecule is C=CC(=O)OCCCc1nc2ccccc2n1CCC. The van der Waals surface area contributed by atoms with Crippen molar-refractivity contribution in [2.75, 3.05) is 6.61 Å². The summed E-state index contributed by atoms with van der Waals surface area (Å²) in [4.78, 5) is 15.6.